The Hall–Kier alpha value is -3.43. The molecule has 188 valence electrons. The number of carbonyl (C=O) groups is 2. The zero-order valence-corrected chi connectivity index (χ0v) is 20.9. The quantitative estimate of drug-likeness (QED) is 0.524. The lowest BCUT2D eigenvalue weighted by Crippen LogP contribution is -2.56. The van der Waals surface area contributed by atoms with Crippen molar-refractivity contribution in [1.82, 2.24) is 19.8 Å². The van der Waals surface area contributed by atoms with E-state index in [0.717, 1.165) is 5.56 Å². The summed E-state index contributed by atoms with van der Waals surface area (Å²) in [7, 11) is 0. The first-order valence-electron chi connectivity index (χ1n) is 11.8. The summed E-state index contributed by atoms with van der Waals surface area (Å²) in [5.41, 5.74) is 0.507. The van der Waals surface area contributed by atoms with Gasteiger partial charge in [0.15, 0.2) is 0 Å². The highest BCUT2D eigenvalue weighted by atomic mass is 35.5. The third kappa shape index (κ3) is 4.94. The van der Waals surface area contributed by atoms with Crippen LogP contribution in [0.2, 0.25) is 5.02 Å². The van der Waals surface area contributed by atoms with Crippen molar-refractivity contribution in [1.29, 1.82) is 0 Å². The van der Waals surface area contributed by atoms with E-state index < -0.39 is 11.5 Å². The Balaban J connectivity index is 1.49. The minimum atomic E-state index is -0.583. The Bertz CT molecular complexity index is 1370. The van der Waals surface area contributed by atoms with Gasteiger partial charge in [-0.1, -0.05) is 37.6 Å². The van der Waals surface area contributed by atoms with Crippen molar-refractivity contribution in [2.75, 3.05) is 26.3 Å². The van der Waals surface area contributed by atoms with Gasteiger partial charge < -0.3 is 19.7 Å². The maximum atomic E-state index is 13.5. The second-order valence-electron chi connectivity index (χ2n) is 10.00. The largest absolute Gasteiger partial charge is 0.485 e. The molecule has 0 saturated carbocycles. The smallest absolute Gasteiger partial charge is 0.265 e. The fourth-order valence-electron chi connectivity index (χ4n) is 4.40. The van der Waals surface area contributed by atoms with E-state index in [1.54, 1.807) is 35.2 Å². The van der Waals surface area contributed by atoms with E-state index in [2.05, 4.69) is 24.1 Å². The van der Waals surface area contributed by atoms with Crippen molar-refractivity contribution in [3.8, 4) is 5.75 Å². The SMILES string of the molecule is CC1(C)CN(C(=O)Cn2c(=O)c(C(=O)NCc3ccc(Cl)cc3)cc3c(OC4COC4)ccnc32)C1. The lowest BCUT2D eigenvalue weighted by Gasteiger charge is -2.45. The maximum Gasteiger partial charge on any atom is 0.265 e. The Morgan fingerprint density at radius 3 is 2.56 bits per heavy atom. The van der Waals surface area contributed by atoms with E-state index in [1.807, 2.05) is 0 Å². The predicted molar refractivity (Wildman–Crippen MR) is 134 cm³/mol. The van der Waals surface area contributed by atoms with Gasteiger partial charge >= 0.3 is 0 Å². The Morgan fingerprint density at radius 1 is 1.19 bits per heavy atom. The number of nitrogens with zero attached hydrogens (tertiary/aromatic N) is 3. The molecule has 10 heteroatoms. The van der Waals surface area contributed by atoms with Crippen LogP contribution in [0.5, 0.6) is 5.75 Å². The van der Waals surface area contributed by atoms with Crippen LogP contribution in [0.15, 0.2) is 47.4 Å². The molecule has 1 aromatic carbocycles. The summed E-state index contributed by atoms with van der Waals surface area (Å²) >= 11 is 5.94. The molecule has 4 heterocycles. The highest BCUT2D eigenvalue weighted by Crippen LogP contribution is 2.30. The highest BCUT2D eigenvalue weighted by molar-refractivity contribution is 6.30. The molecule has 0 unspecified atom stereocenters. The van der Waals surface area contributed by atoms with E-state index in [0.29, 0.717) is 48.1 Å². The Morgan fingerprint density at radius 2 is 1.92 bits per heavy atom. The molecule has 0 spiro atoms. The number of carbonyl (C=O) groups excluding carboxylic acids is 2. The van der Waals surface area contributed by atoms with Crippen molar-refractivity contribution in [2.24, 2.45) is 5.41 Å². The number of likely N-dealkylation sites (tertiary alicyclic amines) is 1. The minimum Gasteiger partial charge on any atom is -0.485 e. The number of fused-ring (bicyclic) bond motifs is 1. The van der Waals surface area contributed by atoms with Crippen LogP contribution in [-0.2, 0) is 22.6 Å². The van der Waals surface area contributed by atoms with Crippen molar-refractivity contribution in [3.05, 3.63) is 69.1 Å². The number of aromatic nitrogens is 2. The molecule has 2 aliphatic rings. The average molecular weight is 511 g/mol. The third-order valence-electron chi connectivity index (χ3n) is 6.34. The van der Waals surface area contributed by atoms with Gasteiger partial charge in [-0.25, -0.2) is 4.98 Å². The van der Waals surface area contributed by atoms with E-state index >= 15 is 0 Å². The molecule has 2 aliphatic heterocycles. The molecule has 0 aliphatic carbocycles. The Labute approximate surface area is 213 Å². The highest BCUT2D eigenvalue weighted by Gasteiger charge is 2.37. The van der Waals surface area contributed by atoms with Gasteiger partial charge in [0.2, 0.25) is 5.91 Å². The first-order valence-corrected chi connectivity index (χ1v) is 12.2. The predicted octanol–water partition coefficient (Wildman–Crippen LogP) is 2.63. The number of hydrogen-bond acceptors (Lipinski definition) is 6. The summed E-state index contributed by atoms with van der Waals surface area (Å²) in [5.74, 6) is -0.270. The lowest BCUT2D eigenvalue weighted by atomic mass is 9.84. The number of ether oxygens (including phenoxy) is 2. The molecule has 2 aromatic heterocycles. The second-order valence-corrected chi connectivity index (χ2v) is 10.4. The van der Waals surface area contributed by atoms with Gasteiger partial charge in [0.05, 0.1) is 18.6 Å². The molecule has 0 radical (unpaired) electrons. The van der Waals surface area contributed by atoms with Gasteiger partial charge in [0.1, 0.15) is 29.6 Å². The lowest BCUT2D eigenvalue weighted by molar-refractivity contribution is -0.142. The molecule has 2 fully saturated rings. The van der Waals surface area contributed by atoms with Crippen molar-refractivity contribution < 1.29 is 19.1 Å². The second kappa shape index (κ2) is 9.55. The molecule has 2 saturated heterocycles. The van der Waals surface area contributed by atoms with Crippen LogP contribution < -0.4 is 15.6 Å². The van der Waals surface area contributed by atoms with Crippen molar-refractivity contribution >= 4 is 34.4 Å². The number of hydrogen-bond donors (Lipinski definition) is 1. The maximum absolute atomic E-state index is 13.5. The van der Waals surface area contributed by atoms with E-state index in [4.69, 9.17) is 21.1 Å². The number of halogens is 1. The number of benzene rings is 1. The van der Waals surface area contributed by atoms with Crippen LogP contribution in [0.1, 0.15) is 29.8 Å². The van der Waals surface area contributed by atoms with Gasteiger partial charge in [0, 0.05) is 30.9 Å². The van der Waals surface area contributed by atoms with Gasteiger partial charge in [-0.05, 0) is 35.2 Å². The zero-order chi connectivity index (χ0) is 25.4. The van der Waals surface area contributed by atoms with Crippen LogP contribution in [0, 0.1) is 5.41 Å². The molecule has 1 N–H and O–H groups in total. The molecule has 2 amide bonds. The standard InChI is InChI=1S/C26H27ClN4O5/c1-26(2)14-30(15-26)22(32)11-31-23-19(21(7-8-28-23)36-18-12-35-13-18)9-20(25(31)34)24(33)29-10-16-3-5-17(27)6-4-16/h3-9,18H,10-15H2,1-2H3,(H,29,33). The van der Waals surface area contributed by atoms with E-state index in [9.17, 15) is 14.4 Å². The first-order chi connectivity index (χ1) is 17.2. The van der Waals surface area contributed by atoms with Gasteiger partial charge in [-0.2, -0.15) is 0 Å². The number of nitrogens with one attached hydrogen (secondary N) is 1. The minimum absolute atomic E-state index is 0.0518. The monoisotopic (exact) mass is 510 g/mol. The number of amides is 2. The topological polar surface area (TPSA) is 103 Å². The molecule has 0 bridgehead atoms. The summed E-state index contributed by atoms with van der Waals surface area (Å²) in [6.07, 6.45) is 1.41. The van der Waals surface area contributed by atoms with E-state index in [-0.39, 0.29) is 36.1 Å². The third-order valence-corrected chi connectivity index (χ3v) is 6.60. The first kappa shape index (κ1) is 24.3. The van der Waals surface area contributed by atoms with Crippen LogP contribution >= 0.6 is 11.6 Å². The van der Waals surface area contributed by atoms with Crippen molar-refractivity contribution in [3.63, 3.8) is 0 Å². The summed E-state index contributed by atoms with van der Waals surface area (Å²) in [5, 5.41) is 3.86. The molecule has 0 atom stereocenters. The molecular weight excluding hydrogens is 484 g/mol. The van der Waals surface area contributed by atoms with Crippen LogP contribution in [0.3, 0.4) is 0 Å². The molecule has 3 aromatic rings. The fraction of sp³-hybridized carbons (Fsp3) is 0.385. The van der Waals surface area contributed by atoms with E-state index in [1.165, 1.54) is 16.8 Å². The van der Waals surface area contributed by atoms with Crippen LogP contribution in [-0.4, -0.2) is 58.7 Å². The summed E-state index contributed by atoms with van der Waals surface area (Å²) < 4.78 is 12.5. The normalized spacial score (nSPS) is 16.8. The molecule has 9 nitrogen and oxygen atoms in total. The van der Waals surface area contributed by atoms with Gasteiger partial charge in [0.25, 0.3) is 11.5 Å². The zero-order valence-electron chi connectivity index (χ0n) is 20.1. The van der Waals surface area contributed by atoms with Crippen LogP contribution in [0.4, 0.5) is 0 Å². The molecular formula is C26H27ClN4O5. The summed E-state index contributed by atoms with van der Waals surface area (Å²) in [6.45, 7) is 6.31. The van der Waals surface area contributed by atoms with Crippen LogP contribution in [0.25, 0.3) is 11.0 Å². The number of pyridine rings is 2. The summed E-state index contributed by atoms with van der Waals surface area (Å²) in [6, 6.07) is 10.2. The summed E-state index contributed by atoms with van der Waals surface area (Å²) in [4.78, 5) is 45.7. The number of rotatable bonds is 7. The van der Waals surface area contributed by atoms with Gasteiger partial charge in [-0.15, -0.1) is 0 Å². The Kier molecular flexibility index (Phi) is 6.44. The van der Waals surface area contributed by atoms with Gasteiger partial charge in [-0.3, -0.25) is 19.0 Å². The van der Waals surface area contributed by atoms with Crippen molar-refractivity contribution in [2.45, 2.75) is 33.0 Å². The molecule has 5 rings (SSSR count). The molecule has 36 heavy (non-hydrogen) atoms. The fourth-order valence-corrected chi connectivity index (χ4v) is 4.52. The average Bonchev–Trinajstić information content (AvgIpc) is 2.80.